The molecule has 2 rings (SSSR count). The minimum atomic E-state index is -0.0334. The second-order valence-electron chi connectivity index (χ2n) is 5.76. The molecule has 1 amide bonds. The average molecular weight is 317 g/mol. The van der Waals surface area contributed by atoms with Crippen LogP contribution in [0.2, 0.25) is 0 Å². The predicted octanol–water partition coefficient (Wildman–Crippen LogP) is 3.10. The van der Waals surface area contributed by atoms with Crippen molar-refractivity contribution in [2.45, 2.75) is 37.0 Å². The Bertz CT molecular complexity index is 555. The third-order valence-corrected chi connectivity index (χ3v) is 5.42. The van der Waals surface area contributed by atoms with Crippen molar-refractivity contribution in [2.24, 2.45) is 0 Å². The van der Waals surface area contributed by atoms with E-state index >= 15 is 0 Å². The summed E-state index contributed by atoms with van der Waals surface area (Å²) in [4.78, 5) is 14.4. The second kappa shape index (κ2) is 8.21. The van der Waals surface area contributed by atoms with Crippen LogP contribution < -0.4 is 5.32 Å². The lowest BCUT2D eigenvalue weighted by Crippen LogP contribution is -2.32. The van der Waals surface area contributed by atoms with Gasteiger partial charge in [0, 0.05) is 24.3 Å². The number of para-hydroxylation sites is 1. The summed E-state index contributed by atoms with van der Waals surface area (Å²) in [5.41, 5.74) is 1.10. The molecule has 1 N–H and O–H groups in total. The normalized spacial score (nSPS) is 20.8. The van der Waals surface area contributed by atoms with E-state index in [1.54, 1.807) is 18.2 Å². The summed E-state index contributed by atoms with van der Waals surface area (Å²) in [5, 5.41) is 12.6. The molecule has 1 saturated carbocycles. The summed E-state index contributed by atoms with van der Waals surface area (Å²) in [6.45, 7) is 0.756. The fourth-order valence-electron chi connectivity index (χ4n) is 2.89. The van der Waals surface area contributed by atoms with E-state index in [4.69, 9.17) is 5.26 Å². The Morgan fingerprint density at radius 1 is 1.45 bits per heavy atom. The molecule has 5 heteroatoms. The summed E-state index contributed by atoms with van der Waals surface area (Å²) >= 11 is 1.95. The fraction of sp³-hybridized carbons (Fsp3) is 0.529. The van der Waals surface area contributed by atoms with Crippen LogP contribution in [0.5, 0.6) is 0 Å². The number of carbonyl (C=O) groups excluding carboxylic acids is 1. The van der Waals surface area contributed by atoms with E-state index in [0.717, 1.165) is 11.8 Å². The molecule has 1 aliphatic rings. The highest BCUT2D eigenvalue weighted by molar-refractivity contribution is 7.99. The Morgan fingerprint density at radius 3 is 2.91 bits per heavy atom. The van der Waals surface area contributed by atoms with Crippen LogP contribution in [0.4, 0.5) is 5.69 Å². The molecule has 1 aromatic carbocycles. The van der Waals surface area contributed by atoms with Crippen LogP contribution in [0.15, 0.2) is 24.3 Å². The number of nitrogens with one attached hydrogen (secondary N) is 1. The summed E-state index contributed by atoms with van der Waals surface area (Å²) in [5.74, 6) is -0.0334. The minimum Gasteiger partial charge on any atom is -0.325 e. The van der Waals surface area contributed by atoms with Crippen molar-refractivity contribution in [3.63, 3.8) is 0 Å². The van der Waals surface area contributed by atoms with Gasteiger partial charge in [-0.3, -0.25) is 4.79 Å². The van der Waals surface area contributed by atoms with Crippen molar-refractivity contribution in [3.8, 4) is 6.07 Å². The van der Waals surface area contributed by atoms with Gasteiger partial charge in [-0.05, 0) is 44.7 Å². The SMILES string of the molecule is CS[C@H]1CC[C@@H](N(C)CCC(=O)Nc2ccccc2C#N)C1. The van der Waals surface area contributed by atoms with Gasteiger partial charge in [0.15, 0.2) is 0 Å². The van der Waals surface area contributed by atoms with E-state index in [1.165, 1.54) is 19.3 Å². The summed E-state index contributed by atoms with van der Waals surface area (Å²) < 4.78 is 0. The first kappa shape index (κ1) is 16.9. The molecule has 0 radical (unpaired) electrons. The van der Waals surface area contributed by atoms with Crippen molar-refractivity contribution in [1.29, 1.82) is 5.26 Å². The Morgan fingerprint density at radius 2 is 2.23 bits per heavy atom. The van der Waals surface area contributed by atoms with Crippen molar-refractivity contribution in [1.82, 2.24) is 4.90 Å². The molecule has 0 bridgehead atoms. The minimum absolute atomic E-state index is 0.0334. The molecule has 0 spiro atoms. The van der Waals surface area contributed by atoms with Crippen molar-refractivity contribution < 1.29 is 4.79 Å². The first-order valence-corrected chi connectivity index (χ1v) is 8.95. The van der Waals surface area contributed by atoms with E-state index < -0.39 is 0 Å². The molecular formula is C17H23N3OS. The Hall–Kier alpha value is -1.51. The van der Waals surface area contributed by atoms with Gasteiger partial charge in [-0.1, -0.05) is 12.1 Å². The highest BCUT2D eigenvalue weighted by atomic mass is 32.2. The maximum absolute atomic E-state index is 12.1. The first-order valence-electron chi connectivity index (χ1n) is 7.66. The molecule has 22 heavy (non-hydrogen) atoms. The van der Waals surface area contributed by atoms with Gasteiger partial charge >= 0.3 is 0 Å². The number of hydrogen-bond donors (Lipinski definition) is 1. The van der Waals surface area contributed by atoms with Gasteiger partial charge in [-0.25, -0.2) is 0 Å². The van der Waals surface area contributed by atoms with Gasteiger partial charge in [-0.15, -0.1) is 0 Å². The first-order chi connectivity index (χ1) is 10.6. The van der Waals surface area contributed by atoms with Crippen LogP contribution in [0.3, 0.4) is 0 Å². The van der Waals surface area contributed by atoms with Crippen LogP contribution in [0.1, 0.15) is 31.2 Å². The number of benzene rings is 1. The molecule has 4 nitrogen and oxygen atoms in total. The maximum atomic E-state index is 12.1. The van der Waals surface area contributed by atoms with Crippen LogP contribution in [-0.4, -0.2) is 41.9 Å². The van der Waals surface area contributed by atoms with Crippen molar-refractivity contribution in [3.05, 3.63) is 29.8 Å². The molecule has 0 aliphatic heterocycles. The van der Waals surface area contributed by atoms with Crippen LogP contribution >= 0.6 is 11.8 Å². The number of hydrogen-bond acceptors (Lipinski definition) is 4. The number of thioether (sulfide) groups is 1. The summed E-state index contributed by atoms with van der Waals surface area (Å²) in [6.07, 6.45) is 6.35. The van der Waals surface area contributed by atoms with E-state index in [0.29, 0.717) is 23.7 Å². The smallest absolute Gasteiger partial charge is 0.225 e. The highest BCUT2D eigenvalue weighted by Crippen LogP contribution is 2.30. The van der Waals surface area contributed by atoms with E-state index in [1.807, 2.05) is 17.8 Å². The molecule has 0 aromatic heterocycles. The van der Waals surface area contributed by atoms with Gasteiger partial charge in [0.25, 0.3) is 0 Å². The number of carbonyl (C=O) groups is 1. The van der Waals surface area contributed by atoms with Crippen LogP contribution in [0, 0.1) is 11.3 Å². The van der Waals surface area contributed by atoms with Crippen molar-refractivity contribution >= 4 is 23.4 Å². The van der Waals surface area contributed by atoms with Gasteiger partial charge < -0.3 is 10.2 Å². The number of nitriles is 1. The molecule has 118 valence electrons. The number of rotatable bonds is 6. The van der Waals surface area contributed by atoms with E-state index in [-0.39, 0.29) is 5.91 Å². The molecule has 1 aliphatic carbocycles. The van der Waals surface area contributed by atoms with Gasteiger partial charge in [0.05, 0.1) is 11.3 Å². The summed E-state index contributed by atoms with van der Waals surface area (Å²) in [7, 11) is 2.10. The largest absolute Gasteiger partial charge is 0.325 e. The quantitative estimate of drug-likeness (QED) is 0.876. The molecule has 0 unspecified atom stereocenters. The number of anilines is 1. The molecule has 1 fully saturated rings. The van der Waals surface area contributed by atoms with Crippen LogP contribution in [-0.2, 0) is 4.79 Å². The maximum Gasteiger partial charge on any atom is 0.225 e. The average Bonchev–Trinajstić information content (AvgIpc) is 3.02. The number of amides is 1. The monoisotopic (exact) mass is 317 g/mol. The Labute approximate surface area is 136 Å². The molecule has 2 atom stereocenters. The number of nitrogens with zero attached hydrogens (tertiary/aromatic N) is 2. The Kier molecular flexibility index (Phi) is 6.29. The lowest BCUT2D eigenvalue weighted by Gasteiger charge is -2.24. The molecule has 0 saturated heterocycles. The van der Waals surface area contributed by atoms with Crippen molar-refractivity contribution in [2.75, 3.05) is 25.2 Å². The fourth-order valence-corrected chi connectivity index (χ4v) is 3.68. The van der Waals surface area contributed by atoms with Gasteiger partial charge in [0.1, 0.15) is 6.07 Å². The Balaban J connectivity index is 1.79. The third kappa shape index (κ3) is 4.49. The van der Waals surface area contributed by atoms with Gasteiger partial charge in [0.2, 0.25) is 5.91 Å². The zero-order chi connectivity index (χ0) is 15.9. The van der Waals surface area contributed by atoms with Gasteiger partial charge in [-0.2, -0.15) is 17.0 Å². The van der Waals surface area contributed by atoms with E-state index in [9.17, 15) is 4.79 Å². The lowest BCUT2D eigenvalue weighted by atomic mass is 10.2. The highest BCUT2D eigenvalue weighted by Gasteiger charge is 2.26. The van der Waals surface area contributed by atoms with Crippen LogP contribution in [0.25, 0.3) is 0 Å². The lowest BCUT2D eigenvalue weighted by molar-refractivity contribution is -0.116. The predicted molar refractivity (Wildman–Crippen MR) is 92.0 cm³/mol. The zero-order valence-electron chi connectivity index (χ0n) is 13.2. The standard InChI is InChI=1S/C17H23N3OS/c1-20(14-7-8-15(11-14)22-2)10-9-17(21)19-16-6-4-3-5-13(16)12-18/h3-6,14-15H,7-11H2,1-2H3,(H,19,21)/t14-,15+/m1/s1. The van der Waals surface area contributed by atoms with E-state index in [2.05, 4.69) is 29.6 Å². The third-order valence-electron chi connectivity index (χ3n) is 4.33. The zero-order valence-corrected chi connectivity index (χ0v) is 14.0. The molecule has 0 heterocycles. The second-order valence-corrected chi connectivity index (χ2v) is 6.90. The molecule has 1 aromatic rings. The topological polar surface area (TPSA) is 56.1 Å². The summed E-state index contributed by atoms with van der Waals surface area (Å²) in [6, 6.07) is 9.78. The molecular weight excluding hydrogens is 294 g/mol.